The van der Waals surface area contributed by atoms with E-state index < -0.39 is 6.61 Å². The van der Waals surface area contributed by atoms with Crippen LogP contribution in [0.15, 0.2) is 12.1 Å². The Morgan fingerprint density at radius 2 is 2.27 bits per heavy atom. The van der Waals surface area contributed by atoms with Crippen molar-refractivity contribution >= 4 is 11.3 Å². The molecule has 1 nitrogen and oxygen atoms in total. The van der Waals surface area contributed by atoms with Crippen LogP contribution in [-0.4, -0.2) is 6.61 Å². The molecule has 62 valence electrons. The maximum Gasteiger partial charge on any atom is 0.345 e. The van der Waals surface area contributed by atoms with Crippen LogP contribution in [0.25, 0.3) is 0 Å². The Morgan fingerprint density at radius 1 is 1.55 bits per heavy atom. The molecule has 1 aromatic heterocycles. The first-order valence-electron chi connectivity index (χ1n) is 3.13. The summed E-state index contributed by atoms with van der Waals surface area (Å²) in [6.07, 6.45) is 0. The van der Waals surface area contributed by atoms with Crippen LogP contribution in [0, 0.1) is 6.92 Å². The molecule has 0 saturated heterocycles. The first-order valence-corrected chi connectivity index (χ1v) is 3.95. The molecule has 0 bridgehead atoms. The summed E-state index contributed by atoms with van der Waals surface area (Å²) in [6, 6.07) is 3.68. The third-order valence-electron chi connectivity index (χ3n) is 1.15. The van der Waals surface area contributed by atoms with Gasteiger partial charge in [0.15, 0.2) is 0 Å². The predicted molar refractivity (Wildman–Crippen MR) is 39.8 cm³/mol. The first kappa shape index (κ1) is 8.62. The maximum absolute atomic E-state index is 11.5. The average Bonchev–Trinajstić information content (AvgIpc) is 2.31. The molecule has 0 N–H and O–H groups in total. The molecule has 0 unspecified atom stereocenters. The van der Waals surface area contributed by atoms with E-state index in [2.05, 4.69) is 4.74 Å². The van der Waals surface area contributed by atoms with Gasteiger partial charge in [-0.15, -0.1) is 11.3 Å². The average molecular weight is 178 g/mol. The van der Waals surface area contributed by atoms with Gasteiger partial charge in [0.25, 0.3) is 0 Å². The van der Waals surface area contributed by atoms with Crippen molar-refractivity contribution in [1.29, 1.82) is 0 Å². The van der Waals surface area contributed by atoms with Gasteiger partial charge in [-0.1, -0.05) is 0 Å². The van der Waals surface area contributed by atoms with Gasteiger partial charge in [0.05, 0.1) is 6.61 Å². The lowest BCUT2D eigenvalue weighted by molar-refractivity contribution is -0.136. The minimum absolute atomic E-state index is 0.0101. The smallest absolute Gasteiger partial charge is 0.317 e. The van der Waals surface area contributed by atoms with Gasteiger partial charge in [-0.25, -0.2) is 0 Å². The van der Waals surface area contributed by atoms with Crippen LogP contribution in [0.1, 0.15) is 9.75 Å². The summed E-state index contributed by atoms with van der Waals surface area (Å²) in [5, 5.41) is 0. The van der Waals surface area contributed by atoms with Crippen LogP contribution in [-0.2, 0) is 11.3 Å². The molecule has 0 aliphatic carbocycles. The summed E-state index contributed by atoms with van der Waals surface area (Å²) in [7, 11) is 0. The molecule has 0 aliphatic heterocycles. The van der Waals surface area contributed by atoms with E-state index in [0.717, 1.165) is 9.75 Å². The Morgan fingerprint density at radius 3 is 2.73 bits per heavy atom. The van der Waals surface area contributed by atoms with Crippen molar-refractivity contribution in [1.82, 2.24) is 0 Å². The lowest BCUT2D eigenvalue weighted by Crippen LogP contribution is -1.96. The quantitative estimate of drug-likeness (QED) is 0.691. The maximum atomic E-state index is 11.5. The first-order chi connectivity index (χ1) is 5.18. The fourth-order valence-corrected chi connectivity index (χ4v) is 1.52. The van der Waals surface area contributed by atoms with E-state index >= 15 is 0 Å². The van der Waals surface area contributed by atoms with Crippen molar-refractivity contribution in [3.05, 3.63) is 21.9 Å². The number of aryl methyl sites for hydroxylation is 1. The summed E-state index contributed by atoms with van der Waals surface area (Å²) in [6.45, 7) is -0.732. The fourth-order valence-electron chi connectivity index (χ4n) is 0.708. The molecule has 0 spiro atoms. The highest BCUT2D eigenvalue weighted by Crippen LogP contribution is 2.16. The highest BCUT2D eigenvalue weighted by Gasteiger charge is 2.02. The topological polar surface area (TPSA) is 9.23 Å². The van der Waals surface area contributed by atoms with Gasteiger partial charge in [0.2, 0.25) is 0 Å². The highest BCUT2D eigenvalue weighted by molar-refractivity contribution is 7.11. The summed E-state index contributed by atoms with van der Waals surface area (Å²) in [4.78, 5) is 1.95. The highest BCUT2D eigenvalue weighted by atomic mass is 32.1. The van der Waals surface area contributed by atoms with Gasteiger partial charge in [-0.05, 0) is 19.1 Å². The zero-order chi connectivity index (χ0) is 8.27. The van der Waals surface area contributed by atoms with Crippen molar-refractivity contribution in [2.75, 3.05) is 0 Å². The third-order valence-corrected chi connectivity index (χ3v) is 2.12. The van der Waals surface area contributed by atoms with Crippen LogP contribution >= 0.6 is 11.3 Å². The fraction of sp³-hybridized carbons (Fsp3) is 0.429. The van der Waals surface area contributed by atoms with E-state index in [1.165, 1.54) is 11.3 Å². The van der Waals surface area contributed by atoms with Crippen LogP contribution < -0.4 is 0 Å². The molecule has 0 atom stereocenters. The second-order valence-corrected chi connectivity index (χ2v) is 3.46. The van der Waals surface area contributed by atoms with E-state index in [1.807, 2.05) is 13.0 Å². The Hall–Kier alpha value is -0.480. The minimum Gasteiger partial charge on any atom is -0.317 e. The normalized spacial score (nSPS) is 10.9. The lowest BCUT2D eigenvalue weighted by atomic mass is 10.4. The zero-order valence-corrected chi connectivity index (χ0v) is 6.83. The molecule has 0 radical (unpaired) electrons. The zero-order valence-electron chi connectivity index (χ0n) is 6.01. The van der Waals surface area contributed by atoms with Gasteiger partial charge in [-0.2, -0.15) is 8.78 Å². The Kier molecular flexibility index (Phi) is 2.96. The van der Waals surface area contributed by atoms with Gasteiger partial charge < -0.3 is 4.74 Å². The number of alkyl halides is 2. The van der Waals surface area contributed by atoms with Crippen molar-refractivity contribution < 1.29 is 13.5 Å². The molecule has 4 heteroatoms. The van der Waals surface area contributed by atoms with Crippen LogP contribution in [0.4, 0.5) is 8.78 Å². The lowest BCUT2D eigenvalue weighted by Gasteiger charge is -1.97. The van der Waals surface area contributed by atoms with Crippen LogP contribution in [0.2, 0.25) is 0 Å². The van der Waals surface area contributed by atoms with Crippen LogP contribution in [0.3, 0.4) is 0 Å². The molecule has 0 saturated carbocycles. The molecule has 0 aromatic carbocycles. The number of ether oxygens (including phenoxy) is 1. The standard InChI is InChI=1S/C7H8F2OS/c1-5-2-3-6(11-5)4-10-7(8)9/h2-3,7H,4H2,1H3. The van der Waals surface area contributed by atoms with E-state index in [1.54, 1.807) is 6.07 Å². The minimum atomic E-state index is -2.67. The SMILES string of the molecule is Cc1ccc(COC(F)F)s1. The molecular formula is C7H8F2OS. The van der Waals surface area contributed by atoms with Gasteiger partial charge in [-0.3, -0.25) is 0 Å². The number of thiophene rings is 1. The molecule has 11 heavy (non-hydrogen) atoms. The van der Waals surface area contributed by atoms with E-state index in [0.29, 0.717) is 0 Å². The number of hydrogen-bond acceptors (Lipinski definition) is 2. The van der Waals surface area contributed by atoms with Crippen molar-refractivity contribution in [3.8, 4) is 0 Å². The molecule has 1 rings (SSSR count). The summed E-state index contributed by atoms with van der Waals surface area (Å²) in [5.41, 5.74) is 0. The Labute approximate surface area is 67.6 Å². The van der Waals surface area contributed by atoms with Gasteiger partial charge in [0, 0.05) is 9.75 Å². The van der Waals surface area contributed by atoms with E-state index in [4.69, 9.17) is 0 Å². The van der Waals surface area contributed by atoms with Gasteiger partial charge >= 0.3 is 6.61 Å². The van der Waals surface area contributed by atoms with Gasteiger partial charge in [0.1, 0.15) is 0 Å². The number of hydrogen-bond donors (Lipinski definition) is 0. The second kappa shape index (κ2) is 3.78. The van der Waals surface area contributed by atoms with Crippen molar-refractivity contribution in [3.63, 3.8) is 0 Å². The van der Waals surface area contributed by atoms with Crippen molar-refractivity contribution in [2.45, 2.75) is 20.1 Å². The summed E-state index contributed by atoms with van der Waals surface area (Å²) >= 11 is 1.47. The summed E-state index contributed by atoms with van der Waals surface area (Å²) < 4.78 is 27.1. The van der Waals surface area contributed by atoms with Crippen molar-refractivity contribution in [2.24, 2.45) is 0 Å². The molecule has 1 heterocycles. The monoisotopic (exact) mass is 178 g/mol. The van der Waals surface area contributed by atoms with E-state index in [-0.39, 0.29) is 6.61 Å². The third kappa shape index (κ3) is 2.95. The van der Waals surface area contributed by atoms with E-state index in [9.17, 15) is 8.78 Å². The predicted octanol–water partition coefficient (Wildman–Crippen LogP) is 2.80. The molecule has 0 fully saturated rings. The molecular weight excluding hydrogens is 170 g/mol. The number of halogens is 2. The molecule has 0 amide bonds. The molecule has 0 aliphatic rings. The Bertz CT molecular complexity index is 222. The summed E-state index contributed by atoms with van der Waals surface area (Å²) in [5.74, 6) is 0. The second-order valence-electron chi connectivity index (χ2n) is 2.08. The largest absolute Gasteiger partial charge is 0.345 e. The van der Waals surface area contributed by atoms with Crippen LogP contribution in [0.5, 0.6) is 0 Å². The Balaban J connectivity index is 2.39. The number of rotatable bonds is 3. The molecule has 1 aromatic rings.